The summed E-state index contributed by atoms with van der Waals surface area (Å²) in [6, 6.07) is 0. The van der Waals surface area contributed by atoms with Gasteiger partial charge in [0, 0.05) is 5.57 Å². The molecule has 40 valence electrons. The van der Waals surface area contributed by atoms with Crippen LogP contribution in [0.2, 0.25) is 0 Å². The lowest BCUT2D eigenvalue weighted by Crippen LogP contribution is -1.78. The lowest BCUT2D eigenvalue weighted by Gasteiger charge is -1.93. The molecule has 1 aliphatic rings. The van der Waals surface area contributed by atoms with Gasteiger partial charge in [-0.05, 0) is 23.7 Å². The van der Waals surface area contributed by atoms with Gasteiger partial charge in [-0.15, -0.1) is 0 Å². The molecule has 8 heavy (non-hydrogen) atoms. The van der Waals surface area contributed by atoms with Gasteiger partial charge in [0.1, 0.15) is 0 Å². The van der Waals surface area contributed by atoms with Crippen molar-refractivity contribution < 1.29 is 0 Å². The largest absolute Gasteiger partial charge is 0.0795 e. The van der Waals surface area contributed by atoms with Crippen LogP contribution < -0.4 is 0 Å². The van der Waals surface area contributed by atoms with E-state index in [0.717, 1.165) is 12.0 Å². The minimum atomic E-state index is 0.944. The second-order valence-corrected chi connectivity index (χ2v) is 1.82. The molecule has 0 saturated heterocycles. The number of hydrogen-bond donors (Lipinski definition) is 0. The maximum Gasteiger partial charge on any atom is 0.00931 e. The minimum Gasteiger partial charge on any atom is -0.0795 e. The van der Waals surface area contributed by atoms with Crippen molar-refractivity contribution in [1.29, 1.82) is 0 Å². The van der Waals surface area contributed by atoms with Crippen molar-refractivity contribution in [1.82, 2.24) is 0 Å². The molecule has 0 fully saturated rings. The molecule has 0 aromatic rings. The van der Waals surface area contributed by atoms with Crippen molar-refractivity contribution in [3.63, 3.8) is 0 Å². The summed E-state index contributed by atoms with van der Waals surface area (Å²) in [6.07, 6.45) is 8.97. The summed E-state index contributed by atoms with van der Waals surface area (Å²) in [5, 5.41) is 2.67. The summed E-state index contributed by atoms with van der Waals surface area (Å²) < 4.78 is 0. The molecule has 0 bridgehead atoms. The van der Waals surface area contributed by atoms with Gasteiger partial charge in [0.15, 0.2) is 0 Å². The summed E-state index contributed by atoms with van der Waals surface area (Å²) in [7, 11) is 0. The fraction of sp³-hybridized carbons (Fsp3) is 0.143. The number of thiocarbonyl (C=S) groups is 1. The van der Waals surface area contributed by atoms with Gasteiger partial charge in [-0.25, -0.2) is 0 Å². The molecule has 0 aromatic carbocycles. The van der Waals surface area contributed by atoms with E-state index < -0.39 is 0 Å². The summed E-state index contributed by atoms with van der Waals surface area (Å²) in [5.74, 6) is 0. The van der Waals surface area contributed by atoms with Crippen molar-refractivity contribution in [2.75, 3.05) is 0 Å². The molecule has 0 spiro atoms. The monoisotopic (exact) mass is 122 g/mol. The number of allylic oxidation sites excluding steroid dienone is 5. The zero-order valence-electron chi connectivity index (χ0n) is 4.42. The van der Waals surface area contributed by atoms with Crippen molar-refractivity contribution in [2.45, 2.75) is 6.42 Å². The Labute approximate surface area is 54.2 Å². The van der Waals surface area contributed by atoms with Gasteiger partial charge in [-0.1, -0.05) is 24.3 Å². The standard InChI is InChI=1S/C7H6S/c8-6-7-4-2-1-3-5-7/h1-4H,5H2. The van der Waals surface area contributed by atoms with Crippen molar-refractivity contribution in [2.24, 2.45) is 0 Å². The number of rotatable bonds is 0. The van der Waals surface area contributed by atoms with Crippen molar-refractivity contribution >= 4 is 17.2 Å². The third-order valence-electron chi connectivity index (χ3n) is 1.01. The molecule has 0 atom stereocenters. The summed E-state index contributed by atoms with van der Waals surface area (Å²) in [5.41, 5.74) is 1.10. The molecule has 0 saturated carbocycles. The molecule has 0 N–H and O–H groups in total. The predicted molar refractivity (Wildman–Crippen MR) is 39.0 cm³/mol. The first-order chi connectivity index (χ1) is 3.93. The highest BCUT2D eigenvalue weighted by Crippen LogP contribution is 2.05. The van der Waals surface area contributed by atoms with Gasteiger partial charge in [0.25, 0.3) is 0 Å². The molecule has 0 unspecified atom stereocenters. The Kier molecular flexibility index (Phi) is 1.79. The lowest BCUT2D eigenvalue weighted by molar-refractivity contribution is 1.30. The van der Waals surface area contributed by atoms with E-state index in [4.69, 9.17) is 0 Å². The lowest BCUT2D eigenvalue weighted by atomic mass is 10.1. The third-order valence-corrected chi connectivity index (χ3v) is 1.28. The van der Waals surface area contributed by atoms with E-state index in [2.05, 4.69) is 23.3 Å². The van der Waals surface area contributed by atoms with Crippen LogP contribution in [0.5, 0.6) is 0 Å². The number of hydrogen-bond acceptors (Lipinski definition) is 1. The molecule has 0 aliphatic heterocycles. The van der Waals surface area contributed by atoms with Crippen LogP contribution in [0.1, 0.15) is 6.42 Å². The van der Waals surface area contributed by atoms with E-state index >= 15 is 0 Å². The highest BCUT2D eigenvalue weighted by Gasteiger charge is 1.88. The normalized spacial score (nSPS) is 16.2. The summed E-state index contributed by atoms with van der Waals surface area (Å²) >= 11 is 4.60. The van der Waals surface area contributed by atoms with Gasteiger partial charge in [0.2, 0.25) is 0 Å². The predicted octanol–water partition coefficient (Wildman–Crippen LogP) is 2.03. The molecular formula is C7H6S. The Morgan fingerprint density at radius 2 is 2.38 bits per heavy atom. The first-order valence-corrected chi connectivity index (χ1v) is 2.91. The average molecular weight is 122 g/mol. The maximum atomic E-state index is 4.60. The first-order valence-electron chi connectivity index (χ1n) is 2.50. The summed E-state index contributed by atoms with van der Waals surface area (Å²) in [4.78, 5) is 0. The average Bonchev–Trinajstić information content (AvgIpc) is 1.90. The fourth-order valence-corrected chi connectivity index (χ4v) is 0.740. The quantitative estimate of drug-likeness (QED) is 0.443. The van der Waals surface area contributed by atoms with Crippen LogP contribution in [0.4, 0.5) is 0 Å². The molecule has 0 nitrogen and oxygen atoms in total. The molecule has 1 aliphatic carbocycles. The van der Waals surface area contributed by atoms with E-state index in [1.165, 1.54) is 0 Å². The van der Waals surface area contributed by atoms with Crippen LogP contribution in [-0.2, 0) is 0 Å². The molecule has 1 heteroatoms. The Bertz CT molecular complexity index is 181. The molecule has 0 amide bonds. The van der Waals surface area contributed by atoms with Gasteiger partial charge in [-0.2, -0.15) is 0 Å². The van der Waals surface area contributed by atoms with Crippen LogP contribution in [0.15, 0.2) is 29.9 Å². The van der Waals surface area contributed by atoms with Gasteiger partial charge in [0.05, 0.1) is 0 Å². The third kappa shape index (κ3) is 1.16. The van der Waals surface area contributed by atoms with Crippen molar-refractivity contribution in [3.8, 4) is 0 Å². The van der Waals surface area contributed by atoms with Crippen LogP contribution in [0.3, 0.4) is 0 Å². The Morgan fingerprint density at radius 3 is 2.75 bits per heavy atom. The van der Waals surface area contributed by atoms with Gasteiger partial charge >= 0.3 is 0 Å². The van der Waals surface area contributed by atoms with Crippen LogP contribution in [0.25, 0.3) is 0 Å². The SMILES string of the molecule is S=C=C1C=CC=CC1. The Morgan fingerprint density at radius 1 is 1.50 bits per heavy atom. The van der Waals surface area contributed by atoms with Gasteiger partial charge < -0.3 is 0 Å². The van der Waals surface area contributed by atoms with E-state index in [0.29, 0.717) is 0 Å². The molecular weight excluding hydrogens is 116 g/mol. The van der Waals surface area contributed by atoms with Crippen molar-refractivity contribution in [3.05, 3.63) is 29.9 Å². The second kappa shape index (κ2) is 2.61. The van der Waals surface area contributed by atoms with E-state index in [9.17, 15) is 0 Å². The Hall–Kier alpha value is -0.650. The zero-order chi connectivity index (χ0) is 5.82. The highest BCUT2D eigenvalue weighted by atomic mass is 32.1. The maximum absolute atomic E-state index is 4.60. The zero-order valence-corrected chi connectivity index (χ0v) is 5.24. The summed E-state index contributed by atoms with van der Waals surface area (Å²) in [6.45, 7) is 0. The van der Waals surface area contributed by atoms with Gasteiger partial charge in [-0.3, -0.25) is 0 Å². The van der Waals surface area contributed by atoms with E-state index in [1.807, 2.05) is 18.2 Å². The van der Waals surface area contributed by atoms with E-state index in [1.54, 1.807) is 0 Å². The molecule has 0 heterocycles. The van der Waals surface area contributed by atoms with Crippen LogP contribution in [0, 0.1) is 0 Å². The minimum absolute atomic E-state index is 0.944. The molecule has 1 rings (SSSR count). The Balaban J connectivity index is 2.80. The first kappa shape index (κ1) is 5.49. The smallest absolute Gasteiger partial charge is 0.00931 e. The van der Waals surface area contributed by atoms with Crippen LogP contribution >= 0.6 is 12.2 Å². The highest BCUT2D eigenvalue weighted by molar-refractivity contribution is 7.78. The fourth-order valence-electron chi connectivity index (χ4n) is 0.589. The van der Waals surface area contributed by atoms with Crippen LogP contribution in [-0.4, -0.2) is 5.02 Å². The molecule has 0 aromatic heterocycles. The second-order valence-electron chi connectivity index (χ2n) is 1.62. The van der Waals surface area contributed by atoms with E-state index in [-0.39, 0.29) is 0 Å². The topological polar surface area (TPSA) is 0 Å². The molecule has 0 radical (unpaired) electrons.